The molecule has 1 fully saturated rings. The van der Waals surface area contributed by atoms with E-state index in [2.05, 4.69) is 22.6 Å². The van der Waals surface area contributed by atoms with Crippen LogP contribution in [-0.2, 0) is 20.9 Å². The maximum Gasteiger partial charge on any atom is 0.326 e. The van der Waals surface area contributed by atoms with Gasteiger partial charge in [0.05, 0.1) is 21.7 Å². The molecule has 7 nitrogen and oxygen atoms in total. The molecule has 0 saturated carbocycles. The van der Waals surface area contributed by atoms with E-state index < -0.39 is 23.7 Å². The molecule has 0 aliphatic carbocycles. The van der Waals surface area contributed by atoms with E-state index in [1.54, 1.807) is 50.3 Å². The number of rotatable bonds is 8. The van der Waals surface area contributed by atoms with Crippen LogP contribution < -0.4 is 9.47 Å². The van der Waals surface area contributed by atoms with Crippen LogP contribution in [0.25, 0.3) is 6.08 Å². The van der Waals surface area contributed by atoms with Gasteiger partial charge in [-0.1, -0.05) is 18.2 Å². The fourth-order valence-corrected chi connectivity index (χ4v) is 4.56. The number of ether oxygens (including phenoxy) is 3. The molecule has 0 N–H and O–H groups in total. The van der Waals surface area contributed by atoms with E-state index in [0.29, 0.717) is 26.2 Å². The molecular formula is C23H21FINO6S. The monoisotopic (exact) mass is 585 g/mol. The van der Waals surface area contributed by atoms with Crippen LogP contribution >= 0.6 is 34.4 Å². The van der Waals surface area contributed by atoms with Crippen molar-refractivity contribution in [2.75, 3.05) is 13.7 Å². The second-order valence-corrected chi connectivity index (χ2v) is 9.38. The predicted molar refractivity (Wildman–Crippen MR) is 130 cm³/mol. The van der Waals surface area contributed by atoms with E-state index in [1.807, 2.05) is 0 Å². The van der Waals surface area contributed by atoms with Gasteiger partial charge in [-0.2, -0.15) is 0 Å². The molecule has 0 atom stereocenters. The van der Waals surface area contributed by atoms with Gasteiger partial charge in [-0.05, 0) is 78.0 Å². The minimum Gasteiger partial charge on any atom is -0.493 e. The molecule has 1 heterocycles. The lowest BCUT2D eigenvalue weighted by molar-refractivity contribution is -0.149. The van der Waals surface area contributed by atoms with Crippen molar-refractivity contribution in [3.63, 3.8) is 0 Å². The number of imide groups is 1. The largest absolute Gasteiger partial charge is 0.493 e. The molecule has 3 rings (SSSR count). The van der Waals surface area contributed by atoms with Crippen LogP contribution in [-0.4, -0.2) is 41.8 Å². The number of carbonyl (C=O) groups excluding carboxylic acids is 3. The Hall–Kier alpha value is -2.60. The van der Waals surface area contributed by atoms with Gasteiger partial charge in [-0.15, -0.1) is 0 Å². The molecule has 0 aromatic heterocycles. The Balaban J connectivity index is 1.79. The van der Waals surface area contributed by atoms with Gasteiger partial charge >= 0.3 is 5.97 Å². The number of hydrogen-bond acceptors (Lipinski definition) is 7. The average molecular weight is 585 g/mol. The van der Waals surface area contributed by atoms with Crippen molar-refractivity contribution in [3.05, 3.63) is 61.8 Å². The highest BCUT2D eigenvalue weighted by Gasteiger charge is 2.36. The van der Waals surface area contributed by atoms with Crippen LogP contribution in [0.4, 0.5) is 9.18 Å². The van der Waals surface area contributed by atoms with Crippen molar-refractivity contribution in [1.29, 1.82) is 0 Å². The minimum absolute atomic E-state index is 0.0176. The number of hydrogen-bond donors (Lipinski definition) is 0. The highest BCUT2D eigenvalue weighted by atomic mass is 127. The lowest BCUT2D eigenvalue weighted by atomic mass is 10.1. The Morgan fingerprint density at radius 1 is 1.24 bits per heavy atom. The second kappa shape index (κ2) is 11.0. The van der Waals surface area contributed by atoms with Crippen molar-refractivity contribution in [2.24, 2.45) is 0 Å². The summed E-state index contributed by atoms with van der Waals surface area (Å²) in [6.45, 7) is 2.95. The summed E-state index contributed by atoms with van der Waals surface area (Å²) in [5.74, 6) is -0.760. The summed E-state index contributed by atoms with van der Waals surface area (Å²) in [5, 5.41) is -0.543. The van der Waals surface area contributed by atoms with Crippen LogP contribution in [0.15, 0.2) is 41.3 Å². The van der Waals surface area contributed by atoms with Crippen molar-refractivity contribution in [1.82, 2.24) is 4.90 Å². The topological polar surface area (TPSA) is 82.1 Å². The highest BCUT2D eigenvalue weighted by Crippen LogP contribution is 2.37. The Kier molecular flexibility index (Phi) is 8.35. The first-order valence-electron chi connectivity index (χ1n) is 9.88. The van der Waals surface area contributed by atoms with Crippen molar-refractivity contribution in [2.45, 2.75) is 26.6 Å². The molecular weight excluding hydrogens is 564 g/mol. The summed E-state index contributed by atoms with van der Waals surface area (Å²) in [5.41, 5.74) is 1.01. The van der Waals surface area contributed by atoms with E-state index in [9.17, 15) is 18.8 Å². The number of methoxy groups -OCH3 is 1. The van der Waals surface area contributed by atoms with E-state index in [1.165, 1.54) is 13.2 Å². The Bertz CT molecular complexity index is 1120. The summed E-state index contributed by atoms with van der Waals surface area (Å²) < 4.78 is 30.8. The van der Waals surface area contributed by atoms with Gasteiger partial charge in [0.25, 0.3) is 11.1 Å². The third-order valence-corrected chi connectivity index (χ3v) is 6.12. The molecule has 2 amide bonds. The van der Waals surface area contributed by atoms with Crippen LogP contribution in [0.1, 0.15) is 25.0 Å². The average Bonchev–Trinajstić information content (AvgIpc) is 3.00. The molecule has 0 bridgehead atoms. The molecule has 1 aliphatic heterocycles. The smallest absolute Gasteiger partial charge is 0.326 e. The number of nitrogens with zero attached hydrogens (tertiary/aromatic N) is 1. The van der Waals surface area contributed by atoms with Crippen LogP contribution in [0, 0.1) is 9.39 Å². The van der Waals surface area contributed by atoms with Crippen LogP contribution in [0.3, 0.4) is 0 Å². The molecule has 1 aliphatic rings. The lowest BCUT2D eigenvalue weighted by Crippen LogP contribution is -2.35. The van der Waals surface area contributed by atoms with Gasteiger partial charge in [0.1, 0.15) is 19.0 Å². The van der Waals surface area contributed by atoms with Gasteiger partial charge < -0.3 is 14.2 Å². The molecule has 174 valence electrons. The van der Waals surface area contributed by atoms with Gasteiger partial charge in [0, 0.05) is 5.56 Å². The highest BCUT2D eigenvalue weighted by molar-refractivity contribution is 14.1. The summed E-state index contributed by atoms with van der Waals surface area (Å²) in [4.78, 5) is 37.8. The lowest BCUT2D eigenvalue weighted by Gasteiger charge is -2.14. The summed E-state index contributed by atoms with van der Waals surface area (Å²) in [6, 6.07) is 9.73. The molecule has 0 spiro atoms. The van der Waals surface area contributed by atoms with Gasteiger partial charge in [-0.3, -0.25) is 19.3 Å². The molecule has 2 aromatic rings. The van der Waals surface area contributed by atoms with Crippen LogP contribution in [0.2, 0.25) is 0 Å². The number of halogens is 2. The maximum atomic E-state index is 13.9. The summed E-state index contributed by atoms with van der Waals surface area (Å²) >= 11 is 2.80. The molecule has 2 aromatic carbocycles. The fraction of sp³-hybridized carbons (Fsp3) is 0.261. The zero-order valence-electron chi connectivity index (χ0n) is 18.1. The quantitative estimate of drug-likeness (QED) is 0.245. The first kappa shape index (κ1) is 25.0. The minimum atomic E-state index is -0.652. The standard InChI is InChI=1S/C23H21FINO6S/c1-13(2)32-20(27)11-26-22(28)19(33-23(26)29)10-14-8-17(25)21(18(9-14)30-3)31-12-15-6-4-5-7-16(15)24/h4-10,13H,11-12H2,1-3H3/b19-10+. The maximum absolute atomic E-state index is 13.9. The number of thioether (sulfide) groups is 1. The number of benzene rings is 2. The predicted octanol–water partition coefficient (Wildman–Crippen LogP) is 5.01. The zero-order chi connectivity index (χ0) is 24.1. The van der Waals surface area contributed by atoms with Crippen molar-refractivity contribution >= 4 is 57.5 Å². The first-order valence-corrected chi connectivity index (χ1v) is 11.8. The van der Waals surface area contributed by atoms with Gasteiger partial charge in [0.2, 0.25) is 0 Å². The number of carbonyl (C=O) groups is 3. The second-order valence-electron chi connectivity index (χ2n) is 7.22. The van der Waals surface area contributed by atoms with Gasteiger partial charge in [-0.25, -0.2) is 4.39 Å². The van der Waals surface area contributed by atoms with E-state index in [0.717, 1.165) is 16.7 Å². The van der Waals surface area contributed by atoms with Gasteiger partial charge in [0.15, 0.2) is 11.5 Å². The molecule has 1 saturated heterocycles. The normalized spacial score (nSPS) is 14.8. The van der Waals surface area contributed by atoms with Crippen LogP contribution in [0.5, 0.6) is 11.5 Å². The Morgan fingerprint density at radius 2 is 1.97 bits per heavy atom. The SMILES string of the molecule is COc1cc(/C=C2/SC(=O)N(CC(=O)OC(C)C)C2=O)cc(I)c1OCc1ccccc1F. The van der Waals surface area contributed by atoms with E-state index >= 15 is 0 Å². The molecule has 10 heteroatoms. The Labute approximate surface area is 208 Å². The summed E-state index contributed by atoms with van der Waals surface area (Å²) in [6.07, 6.45) is 1.20. The number of amides is 2. The molecule has 0 radical (unpaired) electrons. The third-order valence-electron chi connectivity index (χ3n) is 4.41. The number of esters is 1. The first-order chi connectivity index (χ1) is 15.7. The fourth-order valence-electron chi connectivity index (χ4n) is 2.95. The third kappa shape index (κ3) is 6.26. The summed E-state index contributed by atoms with van der Waals surface area (Å²) in [7, 11) is 1.47. The van der Waals surface area contributed by atoms with Crippen molar-refractivity contribution < 1.29 is 33.0 Å². The molecule has 33 heavy (non-hydrogen) atoms. The molecule has 0 unspecified atom stereocenters. The van der Waals surface area contributed by atoms with E-state index in [4.69, 9.17) is 14.2 Å². The Morgan fingerprint density at radius 3 is 2.64 bits per heavy atom. The van der Waals surface area contributed by atoms with Crippen molar-refractivity contribution in [3.8, 4) is 11.5 Å². The zero-order valence-corrected chi connectivity index (χ0v) is 21.1. The van der Waals surface area contributed by atoms with E-state index in [-0.39, 0.29) is 23.4 Å².